The lowest BCUT2D eigenvalue weighted by Crippen LogP contribution is -2.37. The minimum absolute atomic E-state index is 0.149. The van der Waals surface area contributed by atoms with Crippen molar-refractivity contribution >= 4 is 17.2 Å². The van der Waals surface area contributed by atoms with Crippen molar-refractivity contribution in [1.29, 1.82) is 0 Å². The number of nitrogens with two attached hydrogens (primary N) is 1. The van der Waals surface area contributed by atoms with Gasteiger partial charge in [-0.2, -0.15) is 0 Å². The van der Waals surface area contributed by atoms with E-state index in [1.807, 2.05) is 6.92 Å². The van der Waals surface area contributed by atoms with Crippen LogP contribution in [0, 0.1) is 5.92 Å². The molecule has 0 aromatic rings. The largest absolute Gasteiger partial charge is 0.393 e. The predicted octanol–water partition coefficient (Wildman–Crippen LogP) is 1.15. The molecule has 0 amide bonds. The van der Waals surface area contributed by atoms with Gasteiger partial charge in [0.2, 0.25) is 0 Å². The quantitative estimate of drug-likeness (QED) is 0.696. The zero-order valence-electron chi connectivity index (χ0n) is 9.48. The van der Waals surface area contributed by atoms with E-state index < -0.39 is 0 Å². The molecular weight excluding hydrogens is 208 g/mol. The van der Waals surface area contributed by atoms with Crippen LogP contribution in [0.2, 0.25) is 0 Å². The fourth-order valence-electron chi connectivity index (χ4n) is 2.14. The summed E-state index contributed by atoms with van der Waals surface area (Å²) in [5, 5.41) is 9.46. The van der Waals surface area contributed by atoms with Gasteiger partial charge in [-0.25, -0.2) is 0 Å². The Morgan fingerprint density at radius 3 is 2.60 bits per heavy atom. The zero-order chi connectivity index (χ0) is 11.3. The molecule has 3 N–H and O–H groups in total. The average Bonchev–Trinajstić information content (AvgIpc) is 2.18. The van der Waals surface area contributed by atoms with E-state index in [4.69, 9.17) is 18.0 Å². The first-order valence-electron chi connectivity index (χ1n) is 5.78. The molecule has 15 heavy (non-hydrogen) atoms. The van der Waals surface area contributed by atoms with Crippen molar-refractivity contribution in [2.45, 2.75) is 38.7 Å². The number of aliphatic hydroxyl groups excluding tert-OH is 1. The van der Waals surface area contributed by atoms with E-state index in [2.05, 4.69) is 4.90 Å². The number of aliphatic hydroxyl groups is 1. The van der Waals surface area contributed by atoms with Crippen molar-refractivity contribution in [1.82, 2.24) is 4.90 Å². The number of piperidine rings is 1. The average molecular weight is 230 g/mol. The highest BCUT2D eigenvalue weighted by atomic mass is 32.1. The second-order valence-electron chi connectivity index (χ2n) is 4.49. The fourth-order valence-corrected chi connectivity index (χ4v) is 2.28. The topological polar surface area (TPSA) is 49.5 Å². The summed E-state index contributed by atoms with van der Waals surface area (Å²) >= 11 is 4.84. The number of rotatable bonds is 5. The molecule has 1 heterocycles. The molecule has 3 nitrogen and oxygen atoms in total. The highest BCUT2D eigenvalue weighted by Gasteiger charge is 2.21. The van der Waals surface area contributed by atoms with Gasteiger partial charge in [0.05, 0.1) is 11.1 Å². The number of likely N-dealkylation sites (tertiary alicyclic amines) is 1. The lowest BCUT2D eigenvalue weighted by molar-refractivity contribution is 0.0717. The molecular formula is C11H22N2OS. The Morgan fingerprint density at radius 1 is 1.53 bits per heavy atom. The fraction of sp³-hybridized carbons (Fsp3) is 0.909. The molecule has 1 fully saturated rings. The van der Waals surface area contributed by atoms with Crippen molar-refractivity contribution in [3.05, 3.63) is 0 Å². The van der Waals surface area contributed by atoms with Gasteiger partial charge in [-0.3, -0.25) is 0 Å². The maximum atomic E-state index is 9.46. The SMILES string of the molecule is CC(O)C1CCN(CCCC(N)=S)CC1. The van der Waals surface area contributed by atoms with E-state index in [9.17, 15) is 5.11 Å². The van der Waals surface area contributed by atoms with E-state index in [1.165, 1.54) is 0 Å². The summed E-state index contributed by atoms with van der Waals surface area (Å²) in [7, 11) is 0. The van der Waals surface area contributed by atoms with E-state index in [0.717, 1.165) is 45.3 Å². The smallest absolute Gasteiger partial charge is 0.0727 e. The Kier molecular flexibility index (Phi) is 5.50. The molecule has 0 saturated carbocycles. The third kappa shape index (κ3) is 4.91. The van der Waals surface area contributed by atoms with Gasteiger partial charge in [0.25, 0.3) is 0 Å². The maximum Gasteiger partial charge on any atom is 0.0727 e. The number of nitrogens with zero attached hydrogens (tertiary/aromatic N) is 1. The van der Waals surface area contributed by atoms with E-state index in [1.54, 1.807) is 0 Å². The van der Waals surface area contributed by atoms with Crippen molar-refractivity contribution in [3.63, 3.8) is 0 Å². The molecule has 0 radical (unpaired) electrons. The van der Waals surface area contributed by atoms with Crippen LogP contribution >= 0.6 is 12.2 Å². The summed E-state index contributed by atoms with van der Waals surface area (Å²) in [6, 6.07) is 0. The molecule has 1 atom stereocenters. The van der Waals surface area contributed by atoms with Gasteiger partial charge < -0.3 is 15.7 Å². The van der Waals surface area contributed by atoms with Crippen molar-refractivity contribution in [2.75, 3.05) is 19.6 Å². The van der Waals surface area contributed by atoms with E-state index in [0.29, 0.717) is 10.9 Å². The van der Waals surface area contributed by atoms with Gasteiger partial charge in [-0.15, -0.1) is 0 Å². The minimum atomic E-state index is -0.149. The Bertz CT molecular complexity index is 201. The summed E-state index contributed by atoms with van der Waals surface area (Å²) in [6.07, 6.45) is 4.00. The molecule has 0 aliphatic carbocycles. The van der Waals surface area contributed by atoms with Crippen LogP contribution in [0.15, 0.2) is 0 Å². The molecule has 1 unspecified atom stereocenters. The molecule has 0 spiro atoms. The molecule has 0 aromatic heterocycles. The van der Waals surface area contributed by atoms with Gasteiger partial charge in [0, 0.05) is 0 Å². The summed E-state index contributed by atoms with van der Waals surface area (Å²) in [4.78, 5) is 3.06. The summed E-state index contributed by atoms with van der Waals surface area (Å²) < 4.78 is 0. The number of thiocarbonyl (C=S) groups is 1. The van der Waals surface area contributed by atoms with Crippen LogP contribution in [-0.4, -0.2) is 40.7 Å². The van der Waals surface area contributed by atoms with E-state index >= 15 is 0 Å². The third-order valence-electron chi connectivity index (χ3n) is 3.21. The first-order chi connectivity index (χ1) is 7.09. The second-order valence-corrected chi connectivity index (χ2v) is 5.01. The molecule has 1 aliphatic rings. The van der Waals surface area contributed by atoms with Gasteiger partial charge in [0.15, 0.2) is 0 Å². The highest BCUT2D eigenvalue weighted by Crippen LogP contribution is 2.20. The van der Waals surface area contributed by atoms with Gasteiger partial charge in [-0.05, 0) is 58.2 Å². The monoisotopic (exact) mass is 230 g/mol. The second kappa shape index (κ2) is 6.40. The molecule has 1 saturated heterocycles. The number of hydrogen-bond donors (Lipinski definition) is 2. The number of hydrogen-bond acceptors (Lipinski definition) is 3. The summed E-state index contributed by atoms with van der Waals surface area (Å²) in [5.41, 5.74) is 5.45. The molecule has 1 rings (SSSR count). The Balaban J connectivity index is 2.12. The Morgan fingerprint density at radius 2 is 2.13 bits per heavy atom. The predicted molar refractivity (Wildman–Crippen MR) is 66.9 cm³/mol. The van der Waals surface area contributed by atoms with Gasteiger partial charge in [0.1, 0.15) is 0 Å². The zero-order valence-corrected chi connectivity index (χ0v) is 10.3. The minimum Gasteiger partial charge on any atom is -0.393 e. The molecule has 0 bridgehead atoms. The lowest BCUT2D eigenvalue weighted by atomic mass is 9.92. The molecule has 0 aromatic carbocycles. The first-order valence-corrected chi connectivity index (χ1v) is 6.19. The summed E-state index contributed by atoms with van der Waals surface area (Å²) in [6.45, 7) is 5.19. The van der Waals surface area contributed by atoms with Crippen LogP contribution in [0.25, 0.3) is 0 Å². The van der Waals surface area contributed by atoms with Crippen LogP contribution < -0.4 is 5.73 Å². The standard InChI is InChI=1S/C11H22N2OS/c1-9(14)10-4-7-13(8-5-10)6-2-3-11(12)15/h9-10,14H,2-8H2,1H3,(H2,12,15). The van der Waals surface area contributed by atoms with E-state index in [-0.39, 0.29) is 6.10 Å². The Labute approximate surface area is 97.6 Å². The third-order valence-corrected chi connectivity index (χ3v) is 3.42. The van der Waals surface area contributed by atoms with Crippen LogP contribution in [0.1, 0.15) is 32.6 Å². The maximum absolute atomic E-state index is 9.46. The summed E-state index contributed by atoms with van der Waals surface area (Å²) in [5.74, 6) is 0.497. The lowest BCUT2D eigenvalue weighted by Gasteiger charge is -2.33. The van der Waals surface area contributed by atoms with Crippen molar-refractivity contribution in [2.24, 2.45) is 11.7 Å². The van der Waals surface area contributed by atoms with Crippen LogP contribution in [0.5, 0.6) is 0 Å². The van der Waals surface area contributed by atoms with Crippen LogP contribution in [0.3, 0.4) is 0 Å². The van der Waals surface area contributed by atoms with Crippen LogP contribution in [-0.2, 0) is 0 Å². The highest BCUT2D eigenvalue weighted by molar-refractivity contribution is 7.80. The van der Waals surface area contributed by atoms with Gasteiger partial charge >= 0.3 is 0 Å². The van der Waals surface area contributed by atoms with Gasteiger partial charge in [-0.1, -0.05) is 12.2 Å². The van der Waals surface area contributed by atoms with Crippen LogP contribution in [0.4, 0.5) is 0 Å². The molecule has 4 heteroatoms. The normalized spacial score (nSPS) is 21.5. The molecule has 88 valence electrons. The van der Waals surface area contributed by atoms with Crippen molar-refractivity contribution < 1.29 is 5.11 Å². The first kappa shape index (κ1) is 12.9. The van der Waals surface area contributed by atoms with Crippen molar-refractivity contribution in [3.8, 4) is 0 Å². The Hall–Kier alpha value is -0.190. The molecule has 1 aliphatic heterocycles.